The number of hydrogen-bond donors (Lipinski definition) is 0. The van der Waals surface area contributed by atoms with Crippen molar-refractivity contribution in [2.45, 2.75) is 93.4 Å². The van der Waals surface area contributed by atoms with E-state index in [2.05, 4.69) is 81.4 Å². The Morgan fingerprint density at radius 1 is 0.789 bits per heavy atom. The topological polar surface area (TPSA) is 58.6 Å². The van der Waals surface area contributed by atoms with Crippen LogP contribution in [0.4, 0.5) is 0 Å². The number of aryl methyl sites for hydroxylation is 3. The third kappa shape index (κ3) is 4.67. The Labute approximate surface area is 229 Å². The Balaban J connectivity index is 2.19. The van der Waals surface area contributed by atoms with Gasteiger partial charge < -0.3 is 13.9 Å². The molecule has 202 valence electrons. The molecule has 0 fully saturated rings. The summed E-state index contributed by atoms with van der Waals surface area (Å²) >= 11 is 0. The molecule has 0 saturated heterocycles. The Kier molecular flexibility index (Phi) is 7.09. The molecular weight excluding hydrogens is 491 g/mol. The van der Waals surface area contributed by atoms with Crippen molar-refractivity contribution in [1.82, 2.24) is 0 Å². The van der Waals surface area contributed by atoms with Gasteiger partial charge in [-0.15, -0.1) is 0 Å². The highest BCUT2D eigenvalue weighted by Crippen LogP contribution is 2.64. The number of benzene rings is 3. The molecule has 3 aromatic carbocycles. The van der Waals surface area contributed by atoms with Crippen LogP contribution in [-0.4, -0.2) is 5.52 Å². The third-order valence-electron chi connectivity index (χ3n) is 7.76. The first-order chi connectivity index (χ1) is 17.5. The van der Waals surface area contributed by atoms with Crippen LogP contribution < -0.4 is 13.9 Å². The van der Waals surface area contributed by atoms with Gasteiger partial charge in [0.2, 0.25) is 0 Å². The second kappa shape index (κ2) is 9.50. The van der Waals surface area contributed by atoms with Crippen LogP contribution in [0.3, 0.4) is 0 Å². The van der Waals surface area contributed by atoms with Crippen LogP contribution >= 0.6 is 7.94 Å². The van der Waals surface area contributed by atoms with E-state index in [-0.39, 0.29) is 10.8 Å². The summed E-state index contributed by atoms with van der Waals surface area (Å²) in [7, 11) is -4.38. The van der Waals surface area contributed by atoms with Gasteiger partial charge in [-0.2, -0.15) is 0 Å². The van der Waals surface area contributed by atoms with Crippen LogP contribution in [0.25, 0.3) is 11.1 Å². The van der Waals surface area contributed by atoms with Gasteiger partial charge in [-0.05, 0) is 78.8 Å². The summed E-state index contributed by atoms with van der Waals surface area (Å²) in [5, 5.41) is 0. The van der Waals surface area contributed by atoms with Crippen LogP contribution in [0.5, 0.6) is 11.5 Å². The Bertz CT molecular complexity index is 1360. The van der Waals surface area contributed by atoms with E-state index in [0.717, 1.165) is 50.1 Å². The van der Waals surface area contributed by atoms with E-state index in [1.54, 1.807) is 12.1 Å². The second-order valence-corrected chi connectivity index (χ2v) is 14.4. The zero-order chi connectivity index (χ0) is 28.4. The standard InChI is InChI=1S/C33H41O4P/c1-12-23-15-13-14-16-24(23)31(34)38(35)36-29-25(32(6,7)8)17-19(2)21(4)27(29)28-22(5)20(3)18-26(30(28)37-38)33(9,10)11/h13-18H,12H2,1-11H3. The zero-order valence-electron chi connectivity index (χ0n) is 24.8. The van der Waals surface area contributed by atoms with Crippen molar-refractivity contribution in [3.8, 4) is 22.6 Å². The number of rotatable bonds is 3. The molecule has 38 heavy (non-hydrogen) atoms. The number of carbonyl (C=O) groups excluding carboxylic acids is 1. The first-order valence-corrected chi connectivity index (χ1v) is 15.0. The highest BCUT2D eigenvalue weighted by Gasteiger charge is 2.51. The summed E-state index contributed by atoms with van der Waals surface area (Å²) in [4.78, 5) is 29.1. The fourth-order valence-electron chi connectivity index (χ4n) is 5.22. The molecule has 3 aromatic rings. The molecule has 0 atom stereocenters. The minimum atomic E-state index is -4.38. The maximum Gasteiger partial charge on any atom is 0.406 e. The molecule has 0 radical (unpaired) electrons. The van der Waals surface area contributed by atoms with Crippen molar-refractivity contribution in [2.24, 2.45) is 0 Å². The molecule has 4 rings (SSSR count). The second-order valence-electron chi connectivity index (χ2n) is 12.6. The minimum absolute atomic E-state index is 0.327. The molecule has 1 aliphatic heterocycles. The van der Waals surface area contributed by atoms with Gasteiger partial charge in [-0.25, -0.2) is 4.79 Å². The molecule has 0 saturated carbocycles. The van der Waals surface area contributed by atoms with E-state index in [9.17, 15) is 9.69 Å². The van der Waals surface area contributed by atoms with Crippen molar-refractivity contribution in [2.75, 3.05) is 0 Å². The Morgan fingerprint density at radius 3 is 1.61 bits per heavy atom. The molecule has 0 aliphatic carbocycles. The SMILES string of the molecule is CCc1ccccc1C(=O)[P+]1([O-])Oc2c(C(C)(C)C)cc(C)c(C)c2-c2c(C)c(C)cc(C(C)(C)C)c2O1. The van der Waals surface area contributed by atoms with E-state index >= 15 is 0 Å². The molecule has 0 unspecified atom stereocenters. The first-order valence-electron chi connectivity index (χ1n) is 13.4. The van der Waals surface area contributed by atoms with Crippen molar-refractivity contribution < 1.29 is 18.7 Å². The van der Waals surface area contributed by atoms with Crippen LogP contribution in [-0.2, 0) is 17.3 Å². The van der Waals surface area contributed by atoms with Crippen LogP contribution in [0.2, 0.25) is 0 Å². The summed E-state index contributed by atoms with van der Waals surface area (Å²) in [6.07, 6.45) is 0.631. The minimum Gasteiger partial charge on any atom is -0.610 e. The molecule has 0 bridgehead atoms. The average Bonchev–Trinajstić information content (AvgIpc) is 2.96. The van der Waals surface area contributed by atoms with Gasteiger partial charge in [0.1, 0.15) is 0 Å². The van der Waals surface area contributed by atoms with Gasteiger partial charge >= 0.3 is 13.5 Å². The van der Waals surface area contributed by atoms with E-state index in [1.807, 2.05) is 19.1 Å². The van der Waals surface area contributed by atoms with Crippen molar-refractivity contribution in [3.05, 3.63) is 80.9 Å². The highest BCUT2D eigenvalue weighted by molar-refractivity contribution is 7.78. The van der Waals surface area contributed by atoms with Gasteiger partial charge in [0.15, 0.2) is 11.5 Å². The molecule has 5 heteroatoms. The van der Waals surface area contributed by atoms with Crippen LogP contribution in [0.1, 0.15) is 97.8 Å². The van der Waals surface area contributed by atoms with Gasteiger partial charge in [-0.3, -0.25) is 0 Å². The van der Waals surface area contributed by atoms with Crippen LogP contribution in [0.15, 0.2) is 36.4 Å². The fraction of sp³-hybridized carbons (Fsp3) is 0.424. The predicted molar refractivity (Wildman–Crippen MR) is 157 cm³/mol. The first kappa shape index (κ1) is 28.3. The lowest BCUT2D eigenvalue weighted by Gasteiger charge is -2.30. The average molecular weight is 533 g/mol. The summed E-state index contributed by atoms with van der Waals surface area (Å²) in [6.45, 7) is 22.9. The summed E-state index contributed by atoms with van der Waals surface area (Å²) in [5.41, 5.74) is 7.76. The van der Waals surface area contributed by atoms with E-state index in [0.29, 0.717) is 23.5 Å². The maximum atomic E-state index is 14.9. The number of hydrogen-bond acceptors (Lipinski definition) is 4. The summed E-state index contributed by atoms with van der Waals surface area (Å²) < 4.78 is 13.0. The number of carbonyl (C=O) groups is 1. The molecule has 4 nitrogen and oxygen atoms in total. The maximum absolute atomic E-state index is 14.9. The lowest BCUT2D eigenvalue weighted by atomic mass is 9.78. The van der Waals surface area contributed by atoms with Gasteiger partial charge in [0.25, 0.3) is 0 Å². The summed E-state index contributed by atoms with van der Waals surface area (Å²) in [5.74, 6) is 0.970. The number of fused-ring (bicyclic) bond motifs is 3. The van der Waals surface area contributed by atoms with Crippen molar-refractivity contribution in [3.63, 3.8) is 0 Å². The van der Waals surface area contributed by atoms with Crippen LogP contribution in [0, 0.1) is 27.7 Å². The van der Waals surface area contributed by atoms with E-state index < -0.39 is 13.5 Å². The molecule has 0 aromatic heterocycles. The van der Waals surface area contributed by atoms with Gasteiger partial charge in [0, 0.05) is 22.3 Å². The lowest BCUT2D eigenvalue weighted by molar-refractivity contribution is -0.198. The molecule has 0 N–H and O–H groups in total. The predicted octanol–water partition coefficient (Wildman–Crippen LogP) is 8.48. The summed E-state index contributed by atoms with van der Waals surface area (Å²) in [6, 6.07) is 11.5. The largest absolute Gasteiger partial charge is 0.610 e. The molecule has 0 amide bonds. The molecular formula is C33H41O4P. The molecule has 0 spiro atoms. The monoisotopic (exact) mass is 532 g/mol. The smallest absolute Gasteiger partial charge is 0.406 e. The Morgan fingerprint density at radius 2 is 1.21 bits per heavy atom. The van der Waals surface area contributed by atoms with E-state index in [1.165, 1.54) is 0 Å². The highest BCUT2D eigenvalue weighted by atomic mass is 31.2. The molecule has 1 aliphatic rings. The Hall–Kier alpha value is -2.68. The third-order valence-corrected chi connectivity index (χ3v) is 9.35. The zero-order valence-corrected chi connectivity index (χ0v) is 25.6. The quantitative estimate of drug-likeness (QED) is 0.317. The van der Waals surface area contributed by atoms with Crippen molar-refractivity contribution in [1.29, 1.82) is 0 Å². The fourth-order valence-corrected chi connectivity index (χ4v) is 6.79. The molecule has 1 heterocycles. The van der Waals surface area contributed by atoms with Gasteiger partial charge in [-0.1, -0.05) is 78.8 Å². The van der Waals surface area contributed by atoms with Crippen molar-refractivity contribution >= 4 is 13.5 Å². The van der Waals surface area contributed by atoms with Gasteiger partial charge in [0.05, 0.1) is 5.56 Å². The lowest BCUT2D eigenvalue weighted by Crippen LogP contribution is -2.30. The van der Waals surface area contributed by atoms with E-state index in [4.69, 9.17) is 9.05 Å². The normalized spacial score (nSPS) is 14.6.